The molecule has 1 heterocycles. The van der Waals surface area contributed by atoms with Gasteiger partial charge < -0.3 is 9.84 Å². The largest absolute Gasteiger partial charge is 0.382 e. The van der Waals surface area contributed by atoms with Crippen LogP contribution in [0, 0.1) is 5.92 Å². The van der Waals surface area contributed by atoms with Crippen molar-refractivity contribution >= 4 is 5.78 Å². The van der Waals surface area contributed by atoms with Gasteiger partial charge in [-0.2, -0.15) is 0 Å². The van der Waals surface area contributed by atoms with E-state index in [1.807, 2.05) is 0 Å². The lowest BCUT2D eigenvalue weighted by molar-refractivity contribution is -0.140. The lowest BCUT2D eigenvalue weighted by Gasteiger charge is -2.28. The Balaban J connectivity index is 1.88. The van der Waals surface area contributed by atoms with E-state index in [1.165, 1.54) is 0 Å². The smallest absolute Gasteiger partial charge is 0.164 e. The zero-order chi connectivity index (χ0) is 12.1. The zero-order valence-electron chi connectivity index (χ0n) is 10.6. The lowest BCUT2D eigenvalue weighted by Crippen LogP contribution is -2.39. The van der Waals surface area contributed by atoms with Gasteiger partial charge in [0, 0.05) is 19.6 Å². The second-order valence-electron chi connectivity index (χ2n) is 5.63. The first kappa shape index (κ1) is 13.0. The van der Waals surface area contributed by atoms with E-state index in [-0.39, 0.29) is 5.78 Å². The summed E-state index contributed by atoms with van der Waals surface area (Å²) in [4.78, 5) is 12.3. The Bertz CT molecular complexity index is 248. The molecule has 1 N–H and O–H groups in total. The highest BCUT2D eigenvalue weighted by Crippen LogP contribution is 2.31. The summed E-state index contributed by atoms with van der Waals surface area (Å²) in [5.41, 5.74) is -1.01. The van der Waals surface area contributed by atoms with Gasteiger partial charge in [0.1, 0.15) is 5.60 Å². The van der Waals surface area contributed by atoms with E-state index < -0.39 is 5.60 Å². The molecule has 0 bridgehead atoms. The predicted octanol–water partition coefficient (Wildman–Crippen LogP) is 2.46. The molecule has 1 aliphatic carbocycles. The van der Waals surface area contributed by atoms with Gasteiger partial charge in [-0.25, -0.2) is 0 Å². The Morgan fingerprint density at radius 1 is 1.12 bits per heavy atom. The van der Waals surface area contributed by atoms with Gasteiger partial charge in [-0.05, 0) is 31.6 Å². The second kappa shape index (κ2) is 5.96. The Hall–Kier alpha value is -0.410. The molecule has 0 spiro atoms. The van der Waals surface area contributed by atoms with Crippen molar-refractivity contribution in [2.75, 3.05) is 13.2 Å². The van der Waals surface area contributed by atoms with Crippen LogP contribution in [0.4, 0.5) is 0 Å². The molecule has 0 aromatic carbocycles. The molecule has 2 aliphatic rings. The van der Waals surface area contributed by atoms with Crippen molar-refractivity contribution in [3.8, 4) is 0 Å². The summed E-state index contributed by atoms with van der Waals surface area (Å²) in [6, 6.07) is 0. The zero-order valence-corrected chi connectivity index (χ0v) is 10.6. The van der Waals surface area contributed by atoms with Gasteiger partial charge in [-0.15, -0.1) is 0 Å². The third-order valence-electron chi connectivity index (χ3n) is 4.26. The van der Waals surface area contributed by atoms with Crippen LogP contribution in [0.25, 0.3) is 0 Å². The average Bonchev–Trinajstić information content (AvgIpc) is 2.56. The highest BCUT2D eigenvalue weighted by molar-refractivity contribution is 5.87. The van der Waals surface area contributed by atoms with E-state index in [1.54, 1.807) is 0 Å². The summed E-state index contributed by atoms with van der Waals surface area (Å²) in [6.45, 7) is 1.55. The molecule has 0 unspecified atom stereocenters. The van der Waals surface area contributed by atoms with Crippen LogP contribution >= 0.6 is 0 Å². The van der Waals surface area contributed by atoms with E-state index in [2.05, 4.69) is 0 Å². The van der Waals surface area contributed by atoms with Gasteiger partial charge in [0.15, 0.2) is 5.78 Å². The molecule has 1 saturated carbocycles. The second-order valence-corrected chi connectivity index (χ2v) is 5.63. The number of rotatable bonds is 3. The Morgan fingerprint density at radius 2 is 1.71 bits per heavy atom. The standard InChI is InChI=1S/C14H24O3/c15-13(11-12-5-9-17-10-6-12)14(16)7-3-1-2-4-8-14/h12,16H,1-11H2. The molecule has 0 amide bonds. The topological polar surface area (TPSA) is 46.5 Å². The summed E-state index contributed by atoms with van der Waals surface area (Å²) in [5.74, 6) is 0.523. The first-order chi connectivity index (χ1) is 8.21. The van der Waals surface area contributed by atoms with E-state index >= 15 is 0 Å². The normalized spacial score (nSPS) is 26.4. The molecule has 3 heteroatoms. The molecule has 1 aliphatic heterocycles. The molecule has 0 radical (unpaired) electrons. The van der Waals surface area contributed by atoms with Crippen LogP contribution in [0.1, 0.15) is 57.8 Å². The third kappa shape index (κ3) is 3.52. The highest BCUT2D eigenvalue weighted by Gasteiger charge is 2.36. The summed E-state index contributed by atoms with van der Waals surface area (Å²) >= 11 is 0. The van der Waals surface area contributed by atoms with Crippen molar-refractivity contribution < 1.29 is 14.6 Å². The fourth-order valence-corrected chi connectivity index (χ4v) is 2.99. The number of Topliss-reactive ketones (excluding diaryl/α,β-unsaturated/α-hetero) is 1. The first-order valence-electron chi connectivity index (χ1n) is 7.04. The van der Waals surface area contributed by atoms with Crippen LogP contribution in [-0.4, -0.2) is 29.7 Å². The van der Waals surface area contributed by atoms with E-state index in [0.717, 1.165) is 51.7 Å². The number of aliphatic hydroxyl groups is 1. The van der Waals surface area contributed by atoms with Crippen LogP contribution in [0.2, 0.25) is 0 Å². The van der Waals surface area contributed by atoms with Gasteiger partial charge in [0.25, 0.3) is 0 Å². The number of ketones is 1. The number of ether oxygens (including phenoxy) is 1. The SMILES string of the molecule is O=C(CC1CCOCC1)C1(O)CCCCCC1. The minimum atomic E-state index is -1.01. The van der Waals surface area contributed by atoms with E-state index in [0.29, 0.717) is 25.2 Å². The molecule has 2 fully saturated rings. The monoisotopic (exact) mass is 240 g/mol. The van der Waals surface area contributed by atoms with Crippen molar-refractivity contribution in [1.82, 2.24) is 0 Å². The number of hydrogen-bond donors (Lipinski definition) is 1. The van der Waals surface area contributed by atoms with Gasteiger partial charge in [-0.3, -0.25) is 4.79 Å². The highest BCUT2D eigenvalue weighted by atomic mass is 16.5. The van der Waals surface area contributed by atoms with Gasteiger partial charge in [0.2, 0.25) is 0 Å². The lowest BCUT2D eigenvalue weighted by atomic mass is 9.83. The van der Waals surface area contributed by atoms with Crippen molar-refractivity contribution in [3.05, 3.63) is 0 Å². The van der Waals surface area contributed by atoms with Crippen LogP contribution in [0.5, 0.6) is 0 Å². The maximum Gasteiger partial charge on any atom is 0.164 e. The summed E-state index contributed by atoms with van der Waals surface area (Å²) < 4.78 is 5.30. The molecule has 0 aromatic heterocycles. The Kier molecular flexibility index (Phi) is 4.57. The first-order valence-corrected chi connectivity index (χ1v) is 7.04. The Labute approximate surface area is 104 Å². The molecule has 0 aromatic rings. The van der Waals surface area contributed by atoms with Crippen LogP contribution in [-0.2, 0) is 9.53 Å². The molecule has 3 nitrogen and oxygen atoms in total. The molecule has 17 heavy (non-hydrogen) atoms. The summed E-state index contributed by atoms with van der Waals surface area (Å²) in [7, 11) is 0. The van der Waals surface area contributed by atoms with Crippen LogP contribution in [0.15, 0.2) is 0 Å². The molecule has 1 saturated heterocycles. The molecule has 0 atom stereocenters. The summed E-state index contributed by atoms with van der Waals surface area (Å²) in [5, 5.41) is 10.5. The van der Waals surface area contributed by atoms with Crippen LogP contribution < -0.4 is 0 Å². The maximum absolute atomic E-state index is 12.3. The van der Waals surface area contributed by atoms with Crippen LogP contribution in [0.3, 0.4) is 0 Å². The molecular formula is C14H24O3. The third-order valence-corrected chi connectivity index (χ3v) is 4.26. The van der Waals surface area contributed by atoms with E-state index in [4.69, 9.17) is 4.74 Å². The Morgan fingerprint density at radius 3 is 2.29 bits per heavy atom. The minimum Gasteiger partial charge on any atom is -0.382 e. The minimum absolute atomic E-state index is 0.0892. The van der Waals surface area contributed by atoms with Crippen molar-refractivity contribution in [1.29, 1.82) is 0 Å². The molecular weight excluding hydrogens is 216 g/mol. The predicted molar refractivity (Wildman–Crippen MR) is 65.8 cm³/mol. The number of carbonyl (C=O) groups is 1. The van der Waals surface area contributed by atoms with Gasteiger partial charge in [-0.1, -0.05) is 25.7 Å². The number of hydrogen-bond acceptors (Lipinski definition) is 3. The summed E-state index contributed by atoms with van der Waals surface area (Å²) in [6.07, 6.45) is 8.17. The van der Waals surface area contributed by atoms with Crippen molar-refractivity contribution in [3.63, 3.8) is 0 Å². The van der Waals surface area contributed by atoms with Gasteiger partial charge in [0.05, 0.1) is 0 Å². The van der Waals surface area contributed by atoms with Crippen molar-refractivity contribution in [2.45, 2.75) is 63.4 Å². The number of carbonyl (C=O) groups excluding carboxylic acids is 1. The quantitative estimate of drug-likeness (QED) is 0.771. The van der Waals surface area contributed by atoms with E-state index in [9.17, 15) is 9.90 Å². The maximum atomic E-state index is 12.3. The van der Waals surface area contributed by atoms with Crippen molar-refractivity contribution in [2.24, 2.45) is 5.92 Å². The molecule has 98 valence electrons. The van der Waals surface area contributed by atoms with Gasteiger partial charge >= 0.3 is 0 Å². The fourth-order valence-electron chi connectivity index (χ4n) is 2.99. The molecule has 2 rings (SSSR count). The average molecular weight is 240 g/mol. The fraction of sp³-hybridized carbons (Fsp3) is 0.929.